The van der Waals surface area contributed by atoms with Crippen molar-refractivity contribution in [2.24, 2.45) is 0 Å². The summed E-state index contributed by atoms with van der Waals surface area (Å²) in [6.45, 7) is 6.21. The molecule has 1 aliphatic heterocycles. The van der Waals surface area contributed by atoms with E-state index in [-0.39, 0.29) is 12.1 Å². The third-order valence-corrected chi connectivity index (χ3v) is 4.52. The predicted octanol–water partition coefficient (Wildman–Crippen LogP) is 2.69. The minimum Gasteiger partial charge on any atom is -0.376 e. The molecule has 0 bridgehead atoms. The lowest BCUT2D eigenvalue weighted by Crippen LogP contribution is -2.40. The highest BCUT2D eigenvalue weighted by atomic mass is 32.1. The average Bonchev–Trinajstić information content (AvgIpc) is 3.06. The molecule has 0 aliphatic carbocycles. The molecule has 128 valence electrons. The fourth-order valence-electron chi connectivity index (χ4n) is 2.74. The smallest absolute Gasteiger partial charge is 0.321 e. The van der Waals surface area contributed by atoms with E-state index in [2.05, 4.69) is 39.6 Å². The number of ether oxygens (including phenoxy) is 1. The summed E-state index contributed by atoms with van der Waals surface area (Å²) >= 11 is 1.40. The van der Waals surface area contributed by atoms with E-state index in [0.717, 1.165) is 31.8 Å². The number of aromatic nitrogens is 1. The molecule has 0 radical (unpaired) electrons. The standard InChI is InChI=1S/C17H22N4O2S/c1-13-11-21(6-7-23-13)12-15-4-2-3-14(9-15)10-19-16(22)20-17-18-5-8-24-17/h2-5,8-9,13H,6-7,10-12H2,1H3,(H2,18,19,20,22). The van der Waals surface area contributed by atoms with Crippen molar-refractivity contribution < 1.29 is 9.53 Å². The van der Waals surface area contributed by atoms with Crippen molar-refractivity contribution in [3.8, 4) is 0 Å². The minimum atomic E-state index is -0.239. The van der Waals surface area contributed by atoms with Gasteiger partial charge in [-0.15, -0.1) is 11.3 Å². The highest BCUT2D eigenvalue weighted by Gasteiger charge is 2.16. The van der Waals surface area contributed by atoms with Crippen molar-refractivity contribution in [1.29, 1.82) is 0 Å². The van der Waals surface area contributed by atoms with Gasteiger partial charge in [-0.05, 0) is 18.1 Å². The second kappa shape index (κ2) is 8.23. The first-order valence-electron chi connectivity index (χ1n) is 8.05. The molecule has 7 heteroatoms. The number of anilines is 1. The van der Waals surface area contributed by atoms with Gasteiger partial charge in [0.2, 0.25) is 0 Å². The summed E-state index contributed by atoms with van der Waals surface area (Å²) in [5, 5.41) is 8.00. The third kappa shape index (κ3) is 5.02. The van der Waals surface area contributed by atoms with Crippen LogP contribution in [0.1, 0.15) is 18.1 Å². The van der Waals surface area contributed by atoms with Crippen LogP contribution in [0, 0.1) is 0 Å². The summed E-state index contributed by atoms with van der Waals surface area (Å²) in [5.41, 5.74) is 2.34. The number of hydrogen-bond donors (Lipinski definition) is 2. The maximum Gasteiger partial charge on any atom is 0.321 e. The van der Waals surface area contributed by atoms with Crippen LogP contribution < -0.4 is 10.6 Å². The van der Waals surface area contributed by atoms with E-state index in [1.54, 1.807) is 6.20 Å². The first-order chi connectivity index (χ1) is 11.7. The van der Waals surface area contributed by atoms with Crippen LogP contribution in [-0.2, 0) is 17.8 Å². The van der Waals surface area contributed by atoms with Gasteiger partial charge >= 0.3 is 6.03 Å². The maximum atomic E-state index is 11.8. The summed E-state index contributed by atoms with van der Waals surface area (Å²) < 4.78 is 5.58. The van der Waals surface area contributed by atoms with Gasteiger partial charge in [-0.1, -0.05) is 24.3 Å². The van der Waals surface area contributed by atoms with Gasteiger partial charge in [-0.2, -0.15) is 0 Å². The van der Waals surface area contributed by atoms with Crippen LogP contribution in [0.4, 0.5) is 9.93 Å². The van der Waals surface area contributed by atoms with Crippen LogP contribution in [-0.4, -0.2) is 41.7 Å². The molecular formula is C17H22N4O2S. The number of carbonyl (C=O) groups is 1. The highest BCUT2D eigenvalue weighted by Crippen LogP contribution is 2.13. The molecule has 2 heterocycles. The van der Waals surface area contributed by atoms with Gasteiger partial charge in [-0.3, -0.25) is 10.2 Å². The zero-order chi connectivity index (χ0) is 16.8. The lowest BCUT2D eigenvalue weighted by Gasteiger charge is -2.31. The number of urea groups is 1. The molecule has 2 amide bonds. The topological polar surface area (TPSA) is 66.5 Å². The van der Waals surface area contributed by atoms with Crippen LogP contribution in [0.3, 0.4) is 0 Å². The van der Waals surface area contributed by atoms with E-state index in [1.807, 2.05) is 17.5 Å². The molecule has 1 unspecified atom stereocenters. The number of benzene rings is 1. The largest absolute Gasteiger partial charge is 0.376 e. The van der Waals surface area contributed by atoms with Gasteiger partial charge in [0, 0.05) is 37.8 Å². The van der Waals surface area contributed by atoms with Gasteiger partial charge < -0.3 is 10.1 Å². The molecule has 1 fully saturated rings. The van der Waals surface area contributed by atoms with Gasteiger partial charge in [0.15, 0.2) is 5.13 Å². The number of nitrogens with one attached hydrogen (secondary N) is 2. The normalized spacial score (nSPS) is 18.3. The van der Waals surface area contributed by atoms with Crippen LogP contribution in [0.25, 0.3) is 0 Å². The van der Waals surface area contributed by atoms with E-state index in [0.29, 0.717) is 11.7 Å². The molecule has 1 saturated heterocycles. The van der Waals surface area contributed by atoms with Crippen LogP contribution >= 0.6 is 11.3 Å². The molecule has 1 aromatic carbocycles. The number of carbonyl (C=O) groups excluding carboxylic acids is 1. The number of nitrogens with zero attached hydrogens (tertiary/aromatic N) is 2. The zero-order valence-electron chi connectivity index (χ0n) is 13.7. The molecule has 1 atom stereocenters. The Bertz CT molecular complexity index is 662. The van der Waals surface area contributed by atoms with Crippen LogP contribution in [0.2, 0.25) is 0 Å². The second-order valence-corrected chi connectivity index (χ2v) is 6.78. The fraction of sp³-hybridized carbons (Fsp3) is 0.412. The van der Waals surface area contributed by atoms with Crippen molar-refractivity contribution in [3.05, 3.63) is 47.0 Å². The Balaban J connectivity index is 1.50. The minimum absolute atomic E-state index is 0.239. The summed E-state index contributed by atoms with van der Waals surface area (Å²) in [7, 11) is 0. The van der Waals surface area contributed by atoms with Crippen LogP contribution in [0.15, 0.2) is 35.8 Å². The van der Waals surface area contributed by atoms with Crippen molar-refractivity contribution in [2.45, 2.75) is 26.1 Å². The molecule has 2 aromatic rings. The molecule has 24 heavy (non-hydrogen) atoms. The first kappa shape index (κ1) is 16.9. The van der Waals surface area contributed by atoms with E-state index < -0.39 is 0 Å². The molecule has 6 nitrogen and oxygen atoms in total. The van der Waals surface area contributed by atoms with Crippen molar-refractivity contribution in [1.82, 2.24) is 15.2 Å². The van der Waals surface area contributed by atoms with Crippen LogP contribution in [0.5, 0.6) is 0 Å². The SMILES string of the molecule is CC1CN(Cc2cccc(CNC(=O)Nc3nccs3)c2)CCO1. The van der Waals surface area contributed by atoms with Gasteiger partial charge in [-0.25, -0.2) is 9.78 Å². The van der Waals surface area contributed by atoms with E-state index in [1.165, 1.54) is 16.9 Å². The first-order valence-corrected chi connectivity index (χ1v) is 8.93. The molecule has 3 rings (SSSR count). The van der Waals surface area contributed by atoms with E-state index >= 15 is 0 Å². The number of thiazole rings is 1. The Morgan fingerprint density at radius 3 is 3.12 bits per heavy atom. The van der Waals surface area contributed by atoms with Crippen molar-refractivity contribution in [2.75, 3.05) is 25.0 Å². The Morgan fingerprint density at radius 1 is 1.46 bits per heavy atom. The predicted molar refractivity (Wildman–Crippen MR) is 95.1 cm³/mol. The molecule has 1 aromatic heterocycles. The van der Waals surface area contributed by atoms with Crippen molar-refractivity contribution in [3.63, 3.8) is 0 Å². The summed E-state index contributed by atoms with van der Waals surface area (Å²) in [4.78, 5) is 18.3. The maximum absolute atomic E-state index is 11.8. The van der Waals surface area contributed by atoms with Gasteiger partial charge in [0.25, 0.3) is 0 Å². The van der Waals surface area contributed by atoms with E-state index in [9.17, 15) is 4.79 Å². The Kier molecular flexibility index (Phi) is 5.79. The van der Waals surface area contributed by atoms with E-state index in [4.69, 9.17) is 4.74 Å². The average molecular weight is 346 g/mol. The number of amides is 2. The second-order valence-electron chi connectivity index (χ2n) is 5.88. The number of morpholine rings is 1. The fourth-order valence-corrected chi connectivity index (χ4v) is 3.26. The highest BCUT2D eigenvalue weighted by molar-refractivity contribution is 7.13. The Labute approximate surface area is 145 Å². The quantitative estimate of drug-likeness (QED) is 0.873. The summed E-state index contributed by atoms with van der Waals surface area (Å²) in [5.74, 6) is 0. The summed E-state index contributed by atoms with van der Waals surface area (Å²) in [6, 6.07) is 8.09. The lowest BCUT2D eigenvalue weighted by atomic mass is 10.1. The van der Waals surface area contributed by atoms with Crippen molar-refractivity contribution >= 4 is 22.5 Å². The Hall–Kier alpha value is -1.96. The molecule has 2 N–H and O–H groups in total. The number of rotatable bonds is 5. The summed E-state index contributed by atoms with van der Waals surface area (Å²) in [6.07, 6.45) is 1.95. The zero-order valence-corrected chi connectivity index (χ0v) is 14.5. The van der Waals surface area contributed by atoms with Gasteiger partial charge in [0.05, 0.1) is 12.7 Å². The third-order valence-electron chi connectivity index (χ3n) is 3.83. The monoisotopic (exact) mass is 346 g/mol. The van der Waals surface area contributed by atoms with Gasteiger partial charge in [0.1, 0.15) is 0 Å². The Morgan fingerprint density at radius 2 is 2.33 bits per heavy atom. The number of hydrogen-bond acceptors (Lipinski definition) is 5. The molecule has 1 aliphatic rings. The molecule has 0 spiro atoms. The lowest BCUT2D eigenvalue weighted by molar-refractivity contribution is -0.0212. The molecular weight excluding hydrogens is 324 g/mol. The molecule has 0 saturated carbocycles.